The predicted octanol–water partition coefficient (Wildman–Crippen LogP) is 1.47. The van der Waals surface area contributed by atoms with Crippen LogP contribution in [0.1, 0.15) is 5.56 Å². The molecule has 0 N–H and O–H groups in total. The van der Waals surface area contributed by atoms with Crippen LogP contribution in [0.5, 0.6) is 0 Å². The number of benzene rings is 1. The first kappa shape index (κ1) is 27.9. The molecule has 1 aromatic carbocycles. The van der Waals surface area contributed by atoms with Gasteiger partial charge in [-0.05, 0) is 19.1 Å². The van der Waals surface area contributed by atoms with Crippen LogP contribution in [0.2, 0.25) is 0 Å². The summed E-state index contributed by atoms with van der Waals surface area (Å²) in [5.74, 6) is -0.363. The number of hydrogen-bond acceptors (Lipinski definition) is 9. The van der Waals surface area contributed by atoms with Crippen LogP contribution in [0.25, 0.3) is 0 Å². The molecular weight excluding hydrogens is 428 g/mol. The van der Waals surface area contributed by atoms with E-state index in [0.717, 1.165) is 5.56 Å². The molecule has 0 fully saturated rings. The standard InChI is InChI=1S/C21H36O9S/c1-20-3-5-21(6-4-20)31(22,23)19-30-18-17-29-16-15-28-14-13-27-12-11-26-10-9-25-8-7-24-2/h3-6H,7-19H2,1-2H3. The highest BCUT2D eigenvalue weighted by atomic mass is 32.2. The molecule has 0 saturated carbocycles. The fourth-order valence-corrected chi connectivity index (χ4v) is 3.25. The summed E-state index contributed by atoms with van der Waals surface area (Å²) in [4.78, 5) is 0.258. The molecule has 0 unspecified atom stereocenters. The summed E-state index contributed by atoms with van der Waals surface area (Å²) in [6, 6.07) is 6.69. The molecule has 1 rings (SSSR count). The number of ether oxygens (including phenoxy) is 7. The van der Waals surface area contributed by atoms with Crippen molar-refractivity contribution in [2.75, 3.05) is 92.3 Å². The molecule has 0 saturated heterocycles. The number of hydrogen-bond donors (Lipinski definition) is 0. The number of rotatable bonds is 21. The van der Waals surface area contributed by atoms with Crippen molar-refractivity contribution in [1.82, 2.24) is 0 Å². The van der Waals surface area contributed by atoms with Gasteiger partial charge in [0, 0.05) is 7.11 Å². The minimum absolute atomic E-state index is 0.200. The first-order valence-electron chi connectivity index (χ1n) is 10.3. The van der Waals surface area contributed by atoms with E-state index in [-0.39, 0.29) is 17.4 Å². The van der Waals surface area contributed by atoms with E-state index in [9.17, 15) is 8.42 Å². The largest absolute Gasteiger partial charge is 0.382 e. The smallest absolute Gasteiger partial charge is 0.202 e. The van der Waals surface area contributed by atoms with E-state index in [1.165, 1.54) is 0 Å². The van der Waals surface area contributed by atoms with E-state index in [2.05, 4.69) is 0 Å². The lowest BCUT2D eigenvalue weighted by molar-refractivity contribution is -0.0178. The fourth-order valence-electron chi connectivity index (χ4n) is 2.22. The van der Waals surface area contributed by atoms with Crippen molar-refractivity contribution >= 4 is 9.84 Å². The predicted molar refractivity (Wildman–Crippen MR) is 115 cm³/mol. The highest BCUT2D eigenvalue weighted by Crippen LogP contribution is 2.12. The first-order valence-corrected chi connectivity index (χ1v) is 12.0. The molecule has 0 bridgehead atoms. The lowest BCUT2D eigenvalue weighted by atomic mass is 10.2. The third kappa shape index (κ3) is 15.4. The van der Waals surface area contributed by atoms with Crippen LogP contribution in [0.3, 0.4) is 0 Å². The molecule has 10 heteroatoms. The molecule has 31 heavy (non-hydrogen) atoms. The van der Waals surface area contributed by atoms with Gasteiger partial charge in [0.15, 0.2) is 5.94 Å². The fraction of sp³-hybridized carbons (Fsp3) is 0.714. The third-order valence-corrected chi connectivity index (χ3v) is 5.38. The van der Waals surface area contributed by atoms with E-state index in [4.69, 9.17) is 33.2 Å². The summed E-state index contributed by atoms with van der Waals surface area (Å²) >= 11 is 0. The van der Waals surface area contributed by atoms with Crippen molar-refractivity contribution in [2.45, 2.75) is 11.8 Å². The van der Waals surface area contributed by atoms with Gasteiger partial charge in [0.25, 0.3) is 0 Å². The average Bonchev–Trinajstić information content (AvgIpc) is 2.75. The van der Waals surface area contributed by atoms with Crippen LogP contribution in [0, 0.1) is 6.92 Å². The molecule has 180 valence electrons. The maximum absolute atomic E-state index is 12.1. The Balaban J connectivity index is 1.82. The molecule has 0 aromatic heterocycles. The van der Waals surface area contributed by atoms with Gasteiger partial charge in [0.2, 0.25) is 9.84 Å². The Morgan fingerprint density at radius 3 is 1.32 bits per heavy atom. The van der Waals surface area contributed by atoms with Crippen molar-refractivity contribution in [3.63, 3.8) is 0 Å². The van der Waals surface area contributed by atoms with Gasteiger partial charge in [-0.1, -0.05) is 17.7 Å². The third-order valence-electron chi connectivity index (χ3n) is 3.91. The van der Waals surface area contributed by atoms with Crippen LogP contribution in [0.4, 0.5) is 0 Å². The second-order valence-corrected chi connectivity index (χ2v) is 8.45. The Labute approximate surface area is 185 Å². The van der Waals surface area contributed by atoms with Gasteiger partial charge in [-0.15, -0.1) is 0 Å². The molecule has 0 atom stereocenters. The normalized spacial score (nSPS) is 11.8. The van der Waals surface area contributed by atoms with Crippen molar-refractivity contribution in [3.05, 3.63) is 29.8 Å². The molecule has 9 nitrogen and oxygen atoms in total. The van der Waals surface area contributed by atoms with Gasteiger partial charge >= 0.3 is 0 Å². The van der Waals surface area contributed by atoms with E-state index in [1.807, 2.05) is 6.92 Å². The SMILES string of the molecule is COCCOCCOCCOCCOCCOCCOCS(=O)(=O)c1ccc(C)cc1. The maximum Gasteiger partial charge on any atom is 0.202 e. The molecule has 0 aliphatic rings. The van der Waals surface area contributed by atoms with Crippen molar-refractivity contribution in [3.8, 4) is 0 Å². The van der Waals surface area contributed by atoms with E-state index >= 15 is 0 Å². The molecule has 0 aliphatic carbocycles. The zero-order chi connectivity index (χ0) is 22.6. The van der Waals surface area contributed by atoms with Crippen molar-refractivity contribution in [2.24, 2.45) is 0 Å². The van der Waals surface area contributed by atoms with Crippen LogP contribution >= 0.6 is 0 Å². The van der Waals surface area contributed by atoms with Gasteiger partial charge in [0.05, 0.1) is 84.2 Å². The molecular formula is C21H36O9S. The molecule has 0 amide bonds. The second-order valence-electron chi connectivity index (χ2n) is 6.51. The monoisotopic (exact) mass is 464 g/mol. The van der Waals surface area contributed by atoms with E-state index in [1.54, 1.807) is 31.4 Å². The van der Waals surface area contributed by atoms with Crippen LogP contribution in [-0.4, -0.2) is 101 Å². The molecule has 1 aromatic rings. The van der Waals surface area contributed by atoms with E-state index in [0.29, 0.717) is 72.7 Å². The minimum Gasteiger partial charge on any atom is -0.382 e. The maximum atomic E-state index is 12.1. The van der Waals surface area contributed by atoms with Gasteiger partial charge < -0.3 is 33.2 Å². The summed E-state index contributed by atoms with van der Waals surface area (Å²) in [5.41, 5.74) is 1.01. The van der Waals surface area contributed by atoms with Gasteiger partial charge in [0.1, 0.15) is 0 Å². The first-order chi connectivity index (χ1) is 15.1. The molecule has 0 heterocycles. The number of methoxy groups -OCH3 is 1. The zero-order valence-electron chi connectivity index (χ0n) is 18.6. The van der Waals surface area contributed by atoms with Crippen LogP contribution in [-0.2, 0) is 43.0 Å². The summed E-state index contributed by atoms with van der Waals surface area (Å²) in [7, 11) is -1.80. The quantitative estimate of drug-likeness (QED) is 0.250. The van der Waals surface area contributed by atoms with Crippen LogP contribution < -0.4 is 0 Å². The van der Waals surface area contributed by atoms with E-state index < -0.39 is 9.84 Å². The topological polar surface area (TPSA) is 98.8 Å². The number of aryl methyl sites for hydroxylation is 1. The highest BCUT2D eigenvalue weighted by Gasteiger charge is 2.13. The Kier molecular flexibility index (Phi) is 16.6. The summed E-state index contributed by atoms with van der Waals surface area (Å²) in [6.07, 6.45) is 0. The minimum atomic E-state index is -3.44. The van der Waals surface area contributed by atoms with Crippen molar-refractivity contribution in [1.29, 1.82) is 0 Å². The van der Waals surface area contributed by atoms with Gasteiger partial charge in [-0.25, -0.2) is 8.42 Å². The molecule has 0 radical (unpaired) electrons. The summed E-state index contributed by atoms with van der Waals surface area (Å²) in [5, 5.41) is 0. The Morgan fingerprint density at radius 2 is 0.935 bits per heavy atom. The Bertz CT molecular complexity index is 635. The van der Waals surface area contributed by atoms with Crippen LogP contribution in [0.15, 0.2) is 29.2 Å². The Morgan fingerprint density at radius 1 is 0.581 bits per heavy atom. The summed E-state index contributed by atoms with van der Waals surface area (Å²) < 4.78 is 61.0. The average molecular weight is 465 g/mol. The zero-order valence-corrected chi connectivity index (χ0v) is 19.4. The lowest BCUT2D eigenvalue weighted by Crippen LogP contribution is -2.15. The van der Waals surface area contributed by atoms with Gasteiger partial charge in [-0.2, -0.15) is 0 Å². The molecule has 0 aliphatic heterocycles. The summed E-state index contributed by atoms with van der Waals surface area (Å²) in [6.45, 7) is 7.42. The second kappa shape index (κ2) is 18.5. The van der Waals surface area contributed by atoms with Crippen molar-refractivity contribution < 1.29 is 41.6 Å². The highest BCUT2D eigenvalue weighted by molar-refractivity contribution is 7.91. The Hall–Kier alpha value is -1.11. The van der Waals surface area contributed by atoms with Gasteiger partial charge in [-0.3, -0.25) is 0 Å². The lowest BCUT2D eigenvalue weighted by Gasteiger charge is -2.08. The molecule has 0 spiro atoms. The number of sulfone groups is 1.